The SMILES string of the molecule is CS(=O)(=O)NC1CCCN(C(=O)c2cc(F)ccc2N)C1. The number of hydrogen-bond donors (Lipinski definition) is 2. The molecule has 2 rings (SSSR count). The highest BCUT2D eigenvalue weighted by molar-refractivity contribution is 7.88. The Labute approximate surface area is 123 Å². The number of carbonyl (C=O) groups is 1. The third-order valence-electron chi connectivity index (χ3n) is 3.34. The number of hydrogen-bond acceptors (Lipinski definition) is 4. The number of piperidine rings is 1. The number of nitrogen functional groups attached to an aromatic ring is 1. The third kappa shape index (κ3) is 4.15. The van der Waals surface area contributed by atoms with Gasteiger partial charge in [0.05, 0.1) is 11.8 Å². The fraction of sp³-hybridized carbons (Fsp3) is 0.462. The van der Waals surface area contributed by atoms with Crippen LogP contribution in [-0.4, -0.2) is 44.6 Å². The van der Waals surface area contributed by atoms with E-state index in [2.05, 4.69) is 4.72 Å². The largest absolute Gasteiger partial charge is 0.398 e. The second-order valence-corrected chi connectivity index (χ2v) is 6.99. The molecule has 1 aliphatic rings. The summed E-state index contributed by atoms with van der Waals surface area (Å²) in [4.78, 5) is 13.9. The Hall–Kier alpha value is -1.67. The van der Waals surface area contributed by atoms with Gasteiger partial charge in [0.25, 0.3) is 5.91 Å². The van der Waals surface area contributed by atoms with Gasteiger partial charge in [-0.05, 0) is 31.0 Å². The van der Waals surface area contributed by atoms with E-state index in [0.29, 0.717) is 19.4 Å². The summed E-state index contributed by atoms with van der Waals surface area (Å²) in [5.41, 5.74) is 6.02. The van der Waals surface area contributed by atoms with Crippen molar-refractivity contribution in [2.45, 2.75) is 18.9 Å². The van der Waals surface area contributed by atoms with Gasteiger partial charge in [-0.2, -0.15) is 0 Å². The van der Waals surface area contributed by atoms with Crippen LogP contribution in [0.4, 0.5) is 10.1 Å². The number of amides is 1. The summed E-state index contributed by atoms with van der Waals surface area (Å²) in [7, 11) is -3.33. The summed E-state index contributed by atoms with van der Waals surface area (Å²) in [5, 5.41) is 0. The molecule has 3 N–H and O–H groups in total. The predicted molar refractivity (Wildman–Crippen MR) is 77.7 cm³/mol. The van der Waals surface area contributed by atoms with Gasteiger partial charge in [0, 0.05) is 24.8 Å². The van der Waals surface area contributed by atoms with E-state index in [0.717, 1.165) is 12.3 Å². The number of benzene rings is 1. The minimum atomic E-state index is -3.33. The smallest absolute Gasteiger partial charge is 0.256 e. The molecule has 1 unspecified atom stereocenters. The first-order valence-electron chi connectivity index (χ1n) is 6.58. The van der Waals surface area contributed by atoms with Crippen LogP contribution in [0.15, 0.2) is 18.2 Å². The maximum absolute atomic E-state index is 13.3. The zero-order valence-corrected chi connectivity index (χ0v) is 12.5. The second kappa shape index (κ2) is 5.98. The van der Waals surface area contributed by atoms with E-state index in [9.17, 15) is 17.6 Å². The third-order valence-corrected chi connectivity index (χ3v) is 4.10. The number of likely N-dealkylation sites (tertiary alicyclic amines) is 1. The van der Waals surface area contributed by atoms with Crippen molar-refractivity contribution >= 4 is 21.6 Å². The van der Waals surface area contributed by atoms with E-state index >= 15 is 0 Å². The maximum Gasteiger partial charge on any atom is 0.256 e. The Morgan fingerprint density at radius 1 is 1.48 bits per heavy atom. The maximum atomic E-state index is 13.3. The Morgan fingerprint density at radius 3 is 2.86 bits per heavy atom. The molecular weight excluding hydrogens is 297 g/mol. The molecular formula is C13H18FN3O3S. The number of nitrogens with two attached hydrogens (primary N) is 1. The summed E-state index contributed by atoms with van der Waals surface area (Å²) in [6, 6.07) is 3.31. The van der Waals surface area contributed by atoms with Crippen molar-refractivity contribution in [3.05, 3.63) is 29.6 Å². The van der Waals surface area contributed by atoms with Crippen molar-refractivity contribution in [2.24, 2.45) is 0 Å². The summed E-state index contributed by atoms with van der Waals surface area (Å²) in [5.74, 6) is -0.914. The van der Waals surface area contributed by atoms with Crippen molar-refractivity contribution in [1.29, 1.82) is 0 Å². The molecule has 1 fully saturated rings. The van der Waals surface area contributed by atoms with Crippen LogP contribution in [0.5, 0.6) is 0 Å². The molecule has 0 spiro atoms. The molecule has 0 saturated carbocycles. The molecule has 6 nitrogen and oxygen atoms in total. The fourth-order valence-corrected chi connectivity index (χ4v) is 3.24. The monoisotopic (exact) mass is 315 g/mol. The molecule has 116 valence electrons. The molecule has 1 aromatic carbocycles. The highest BCUT2D eigenvalue weighted by Gasteiger charge is 2.27. The summed E-state index contributed by atoms with van der Waals surface area (Å²) >= 11 is 0. The van der Waals surface area contributed by atoms with Gasteiger partial charge in [-0.3, -0.25) is 4.79 Å². The fourth-order valence-electron chi connectivity index (χ4n) is 2.44. The lowest BCUT2D eigenvalue weighted by Gasteiger charge is -2.33. The van der Waals surface area contributed by atoms with Crippen LogP contribution in [0.1, 0.15) is 23.2 Å². The number of carbonyl (C=O) groups excluding carboxylic acids is 1. The molecule has 1 atom stereocenters. The molecule has 0 radical (unpaired) electrons. The van der Waals surface area contributed by atoms with E-state index in [-0.39, 0.29) is 29.7 Å². The van der Waals surface area contributed by atoms with Gasteiger partial charge in [-0.1, -0.05) is 0 Å². The van der Waals surface area contributed by atoms with E-state index in [1.54, 1.807) is 0 Å². The molecule has 1 amide bonds. The Morgan fingerprint density at radius 2 is 2.19 bits per heavy atom. The number of nitrogens with zero attached hydrogens (tertiary/aromatic N) is 1. The lowest BCUT2D eigenvalue weighted by molar-refractivity contribution is 0.0703. The number of nitrogens with one attached hydrogen (secondary N) is 1. The van der Waals surface area contributed by atoms with Crippen molar-refractivity contribution in [3.63, 3.8) is 0 Å². The van der Waals surface area contributed by atoms with Gasteiger partial charge in [0.1, 0.15) is 5.82 Å². The first-order chi connectivity index (χ1) is 9.76. The average Bonchev–Trinajstić information content (AvgIpc) is 2.39. The molecule has 0 aromatic heterocycles. The van der Waals surface area contributed by atoms with Gasteiger partial charge in [0.15, 0.2) is 0 Å². The molecule has 21 heavy (non-hydrogen) atoms. The number of halogens is 1. The Bertz CT molecular complexity index is 648. The standard InChI is InChI=1S/C13H18FN3O3S/c1-21(19,20)16-10-3-2-6-17(8-10)13(18)11-7-9(14)4-5-12(11)15/h4-5,7,10,16H,2-3,6,8,15H2,1H3. The van der Waals surface area contributed by atoms with E-state index in [4.69, 9.17) is 5.73 Å². The van der Waals surface area contributed by atoms with Gasteiger partial charge in [-0.25, -0.2) is 17.5 Å². The van der Waals surface area contributed by atoms with Gasteiger partial charge in [-0.15, -0.1) is 0 Å². The molecule has 1 heterocycles. The molecule has 8 heteroatoms. The molecule has 0 aliphatic carbocycles. The van der Waals surface area contributed by atoms with Crippen LogP contribution in [0, 0.1) is 5.82 Å². The lowest BCUT2D eigenvalue weighted by Crippen LogP contribution is -2.49. The molecule has 1 saturated heterocycles. The van der Waals surface area contributed by atoms with Gasteiger partial charge >= 0.3 is 0 Å². The second-order valence-electron chi connectivity index (χ2n) is 5.21. The zero-order chi connectivity index (χ0) is 15.6. The van der Waals surface area contributed by atoms with Crippen LogP contribution in [0.25, 0.3) is 0 Å². The zero-order valence-electron chi connectivity index (χ0n) is 11.7. The van der Waals surface area contributed by atoms with Gasteiger partial charge < -0.3 is 10.6 Å². The number of rotatable bonds is 3. The summed E-state index contributed by atoms with van der Waals surface area (Å²) in [6.45, 7) is 0.749. The van der Waals surface area contributed by atoms with E-state index < -0.39 is 15.8 Å². The number of sulfonamides is 1. The first kappa shape index (κ1) is 15.7. The van der Waals surface area contributed by atoms with Crippen molar-refractivity contribution in [1.82, 2.24) is 9.62 Å². The minimum absolute atomic E-state index is 0.106. The molecule has 0 bridgehead atoms. The summed E-state index contributed by atoms with van der Waals surface area (Å²) < 4.78 is 38.3. The van der Waals surface area contributed by atoms with Crippen LogP contribution in [-0.2, 0) is 10.0 Å². The first-order valence-corrected chi connectivity index (χ1v) is 8.47. The van der Waals surface area contributed by atoms with E-state index in [1.165, 1.54) is 17.0 Å². The molecule has 1 aromatic rings. The van der Waals surface area contributed by atoms with Crippen LogP contribution >= 0.6 is 0 Å². The van der Waals surface area contributed by atoms with Crippen molar-refractivity contribution in [3.8, 4) is 0 Å². The van der Waals surface area contributed by atoms with Crippen LogP contribution in [0.3, 0.4) is 0 Å². The van der Waals surface area contributed by atoms with E-state index in [1.807, 2.05) is 0 Å². The predicted octanol–water partition coefficient (Wildman–Crippen LogP) is 0.562. The van der Waals surface area contributed by atoms with Crippen LogP contribution < -0.4 is 10.5 Å². The molecule has 1 aliphatic heterocycles. The highest BCUT2D eigenvalue weighted by Crippen LogP contribution is 2.19. The quantitative estimate of drug-likeness (QED) is 0.797. The van der Waals surface area contributed by atoms with Crippen LogP contribution in [0.2, 0.25) is 0 Å². The van der Waals surface area contributed by atoms with Crippen molar-refractivity contribution < 1.29 is 17.6 Å². The lowest BCUT2D eigenvalue weighted by atomic mass is 10.0. The normalized spacial score (nSPS) is 19.5. The van der Waals surface area contributed by atoms with Gasteiger partial charge in [0.2, 0.25) is 10.0 Å². The minimum Gasteiger partial charge on any atom is -0.398 e. The summed E-state index contributed by atoms with van der Waals surface area (Å²) in [6.07, 6.45) is 2.42. The highest BCUT2D eigenvalue weighted by atomic mass is 32.2. The Balaban J connectivity index is 2.14. The Kier molecular flexibility index (Phi) is 4.48. The number of anilines is 1. The topological polar surface area (TPSA) is 92.5 Å². The average molecular weight is 315 g/mol. The van der Waals surface area contributed by atoms with Crippen molar-refractivity contribution in [2.75, 3.05) is 25.1 Å².